The van der Waals surface area contributed by atoms with Crippen LogP contribution in [0.25, 0.3) is 0 Å². The fraction of sp³-hybridized carbons (Fsp3) is 0.462. The van der Waals surface area contributed by atoms with Crippen LogP contribution in [0, 0.1) is 0 Å². The molecule has 0 saturated carbocycles. The number of carbonyl (C=O) groups excluding carboxylic acids is 1. The molecule has 0 atom stereocenters. The van der Waals surface area contributed by atoms with Gasteiger partial charge in [-0.1, -0.05) is 26.0 Å². The predicted molar refractivity (Wildman–Crippen MR) is 64.6 cm³/mol. The molecule has 2 N–H and O–H groups in total. The van der Waals surface area contributed by atoms with Gasteiger partial charge in [-0.05, 0) is 29.5 Å². The molecule has 0 spiro atoms. The second-order valence-electron chi connectivity index (χ2n) is 4.20. The van der Waals surface area contributed by atoms with Gasteiger partial charge in [-0.25, -0.2) is 0 Å². The Kier molecular flexibility index (Phi) is 4.35. The SMILES string of the molecule is COc1ccc(CCC(N)=O)cc1C(C)C. The average molecular weight is 221 g/mol. The highest BCUT2D eigenvalue weighted by Gasteiger charge is 2.08. The van der Waals surface area contributed by atoms with Crippen molar-refractivity contribution in [1.82, 2.24) is 0 Å². The Labute approximate surface area is 96.6 Å². The highest BCUT2D eigenvalue weighted by atomic mass is 16.5. The summed E-state index contributed by atoms with van der Waals surface area (Å²) < 4.78 is 5.30. The number of methoxy groups -OCH3 is 1. The van der Waals surface area contributed by atoms with Gasteiger partial charge in [-0.15, -0.1) is 0 Å². The fourth-order valence-corrected chi connectivity index (χ4v) is 1.66. The van der Waals surface area contributed by atoms with E-state index in [2.05, 4.69) is 19.9 Å². The second-order valence-corrected chi connectivity index (χ2v) is 4.20. The van der Waals surface area contributed by atoms with E-state index in [1.165, 1.54) is 5.56 Å². The molecule has 0 aliphatic rings. The lowest BCUT2D eigenvalue weighted by Gasteiger charge is -2.13. The maximum Gasteiger partial charge on any atom is 0.217 e. The molecule has 0 fully saturated rings. The smallest absolute Gasteiger partial charge is 0.217 e. The summed E-state index contributed by atoms with van der Waals surface area (Å²) in [6, 6.07) is 6.02. The van der Waals surface area contributed by atoms with Crippen molar-refractivity contribution >= 4 is 5.91 Å². The standard InChI is InChI=1S/C13H19NO2/c1-9(2)11-8-10(5-7-13(14)15)4-6-12(11)16-3/h4,6,8-9H,5,7H2,1-3H3,(H2,14,15). The van der Waals surface area contributed by atoms with Crippen LogP contribution >= 0.6 is 0 Å². The average Bonchev–Trinajstić information content (AvgIpc) is 2.25. The van der Waals surface area contributed by atoms with Crippen molar-refractivity contribution in [2.24, 2.45) is 5.73 Å². The number of primary amides is 1. The van der Waals surface area contributed by atoms with E-state index in [9.17, 15) is 4.79 Å². The van der Waals surface area contributed by atoms with Crippen LogP contribution in [-0.2, 0) is 11.2 Å². The van der Waals surface area contributed by atoms with E-state index in [4.69, 9.17) is 10.5 Å². The van der Waals surface area contributed by atoms with E-state index in [-0.39, 0.29) is 5.91 Å². The molecule has 16 heavy (non-hydrogen) atoms. The van der Waals surface area contributed by atoms with Crippen LogP contribution in [0.2, 0.25) is 0 Å². The van der Waals surface area contributed by atoms with Gasteiger partial charge in [0.15, 0.2) is 0 Å². The molecule has 0 heterocycles. The van der Waals surface area contributed by atoms with Gasteiger partial charge in [0.25, 0.3) is 0 Å². The topological polar surface area (TPSA) is 52.3 Å². The van der Waals surface area contributed by atoms with Gasteiger partial charge in [0.1, 0.15) is 5.75 Å². The van der Waals surface area contributed by atoms with Crippen LogP contribution in [0.5, 0.6) is 5.75 Å². The summed E-state index contributed by atoms with van der Waals surface area (Å²) in [5, 5.41) is 0. The zero-order valence-corrected chi connectivity index (χ0v) is 10.1. The lowest BCUT2D eigenvalue weighted by Crippen LogP contribution is -2.11. The first kappa shape index (κ1) is 12.6. The molecular formula is C13H19NO2. The highest BCUT2D eigenvalue weighted by molar-refractivity contribution is 5.74. The van der Waals surface area contributed by atoms with Gasteiger partial charge in [0.05, 0.1) is 7.11 Å². The minimum absolute atomic E-state index is 0.262. The lowest BCUT2D eigenvalue weighted by atomic mass is 9.98. The van der Waals surface area contributed by atoms with Crippen LogP contribution < -0.4 is 10.5 Å². The van der Waals surface area contributed by atoms with Gasteiger partial charge in [-0.2, -0.15) is 0 Å². The predicted octanol–water partition coefficient (Wildman–Crippen LogP) is 2.24. The van der Waals surface area contributed by atoms with Crippen LogP contribution in [0.3, 0.4) is 0 Å². The zero-order valence-electron chi connectivity index (χ0n) is 10.1. The maximum absolute atomic E-state index is 10.7. The molecule has 0 aromatic heterocycles. The van der Waals surface area contributed by atoms with Crippen LogP contribution in [-0.4, -0.2) is 13.0 Å². The first-order valence-corrected chi connectivity index (χ1v) is 5.49. The number of benzene rings is 1. The van der Waals surface area contributed by atoms with E-state index in [1.54, 1.807) is 7.11 Å². The second kappa shape index (κ2) is 5.54. The van der Waals surface area contributed by atoms with E-state index in [1.807, 2.05) is 12.1 Å². The molecule has 0 saturated heterocycles. The fourth-order valence-electron chi connectivity index (χ4n) is 1.66. The summed E-state index contributed by atoms with van der Waals surface area (Å²) in [4.78, 5) is 10.7. The molecule has 3 heteroatoms. The Bertz CT molecular complexity index is 372. The molecule has 1 rings (SSSR count). The van der Waals surface area contributed by atoms with Gasteiger partial charge < -0.3 is 10.5 Å². The molecule has 88 valence electrons. The largest absolute Gasteiger partial charge is 0.496 e. The minimum Gasteiger partial charge on any atom is -0.496 e. The normalized spacial score (nSPS) is 10.5. The summed E-state index contributed by atoms with van der Waals surface area (Å²) in [6.07, 6.45) is 1.09. The maximum atomic E-state index is 10.7. The van der Waals surface area contributed by atoms with Crippen molar-refractivity contribution in [2.45, 2.75) is 32.6 Å². The minimum atomic E-state index is -0.262. The summed E-state index contributed by atoms with van der Waals surface area (Å²) in [6.45, 7) is 4.24. The van der Waals surface area contributed by atoms with E-state index in [0.717, 1.165) is 11.3 Å². The molecular weight excluding hydrogens is 202 g/mol. The highest BCUT2D eigenvalue weighted by Crippen LogP contribution is 2.27. The number of carbonyl (C=O) groups is 1. The monoisotopic (exact) mass is 221 g/mol. The van der Waals surface area contributed by atoms with Crippen molar-refractivity contribution < 1.29 is 9.53 Å². The van der Waals surface area contributed by atoms with Gasteiger partial charge in [-0.3, -0.25) is 4.79 Å². The molecule has 1 aromatic rings. The molecule has 0 radical (unpaired) electrons. The number of aryl methyl sites for hydroxylation is 1. The molecule has 1 amide bonds. The van der Waals surface area contributed by atoms with E-state index in [0.29, 0.717) is 18.8 Å². The molecule has 0 aliphatic carbocycles. The third kappa shape index (κ3) is 3.26. The number of hydrogen-bond donors (Lipinski definition) is 1. The van der Waals surface area contributed by atoms with Crippen molar-refractivity contribution in [3.05, 3.63) is 29.3 Å². The first-order valence-electron chi connectivity index (χ1n) is 5.49. The quantitative estimate of drug-likeness (QED) is 0.829. The Morgan fingerprint density at radius 2 is 2.12 bits per heavy atom. The lowest BCUT2D eigenvalue weighted by molar-refractivity contribution is -0.117. The van der Waals surface area contributed by atoms with Crippen LogP contribution in [0.1, 0.15) is 37.3 Å². The molecule has 1 aromatic carbocycles. The van der Waals surface area contributed by atoms with Gasteiger partial charge in [0.2, 0.25) is 5.91 Å². The number of ether oxygens (including phenoxy) is 1. The van der Waals surface area contributed by atoms with Crippen LogP contribution in [0.4, 0.5) is 0 Å². The Balaban J connectivity index is 2.89. The number of hydrogen-bond acceptors (Lipinski definition) is 2. The van der Waals surface area contributed by atoms with E-state index >= 15 is 0 Å². The van der Waals surface area contributed by atoms with E-state index < -0.39 is 0 Å². The number of nitrogens with two attached hydrogens (primary N) is 1. The summed E-state index contributed by atoms with van der Waals surface area (Å²) in [5.41, 5.74) is 7.43. The first-order chi connectivity index (χ1) is 7.54. The number of amides is 1. The van der Waals surface area contributed by atoms with Crippen molar-refractivity contribution in [3.8, 4) is 5.75 Å². The summed E-state index contributed by atoms with van der Waals surface area (Å²) in [5.74, 6) is 1.04. The molecule has 0 unspecified atom stereocenters. The van der Waals surface area contributed by atoms with Crippen LogP contribution in [0.15, 0.2) is 18.2 Å². The molecule has 0 bridgehead atoms. The Hall–Kier alpha value is -1.51. The molecule has 3 nitrogen and oxygen atoms in total. The Morgan fingerprint density at radius 3 is 2.62 bits per heavy atom. The molecule has 0 aliphatic heterocycles. The van der Waals surface area contributed by atoms with Gasteiger partial charge in [0, 0.05) is 6.42 Å². The van der Waals surface area contributed by atoms with Gasteiger partial charge >= 0.3 is 0 Å². The number of rotatable bonds is 5. The Morgan fingerprint density at radius 1 is 1.44 bits per heavy atom. The third-order valence-electron chi connectivity index (χ3n) is 2.58. The summed E-state index contributed by atoms with van der Waals surface area (Å²) >= 11 is 0. The van der Waals surface area contributed by atoms with Crippen molar-refractivity contribution in [1.29, 1.82) is 0 Å². The third-order valence-corrected chi connectivity index (χ3v) is 2.58. The summed E-state index contributed by atoms with van der Waals surface area (Å²) in [7, 11) is 1.67. The van der Waals surface area contributed by atoms with Crippen molar-refractivity contribution in [2.75, 3.05) is 7.11 Å². The zero-order chi connectivity index (χ0) is 12.1. The van der Waals surface area contributed by atoms with Crippen molar-refractivity contribution in [3.63, 3.8) is 0 Å².